The number of carbonyl (C=O) groups is 1. The summed E-state index contributed by atoms with van der Waals surface area (Å²) in [6.07, 6.45) is 2.42. The van der Waals surface area contributed by atoms with Crippen LogP contribution in [0.1, 0.15) is 18.4 Å². The highest BCUT2D eigenvalue weighted by atomic mass is 35.5. The van der Waals surface area contributed by atoms with Crippen LogP contribution >= 0.6 is 23.4 Å². The van der Waals surface area contributed by atoms with E-state index in [-0.39, 0.29) is 11.9 Å². The van der Waals surface area contributed by atoms with Crippen LogP contribution in [0.2, 0.25) is 5.02 Å². The molecule has 1 fully saturated rings. The maximum Gasteiger partial charge on any atom is 0.230 e. The number of carbonyl (C=O) groups excluding carboxylic acids is 1. The second-order valence-corrected chi connectivity index (χ2v) is 6.35. The number of hydrogen-bond donors (Lipinski definition) is 2. The van der Waals surface area contributed by atoms with Gasteiger partial charge in [-0.05, 0) is 36.5 Å². The van der Waals surface area contributed by atoms with Gasteiger partial charge in [0.1, 0.15) is 0 Å². The maximum absolute atomic E-state index is 11.6. The Bertz CT molecular complexity index is 437. The van der Waals surface area contributed by atoms with E-state index < -0.39 is 0 Å². The smallest absolute Gasteiger partial charge is 0.230 e. The number of thioether (sulfide) groups is 1. The fourth-order valence-electron chi connectivity index (χ4n) is 1.86. The average Bonchev–Trinajstić information content (AvgIpc) is 3.20. The van der Waals surface area contributed by atoms with Crippen LogP contribution in [0.15, 0.2) is 24.3 Å². The van der Waals surface area contributed by atoms with Crippen LogP contribution in [0, 0.1) is 5.92 Å². The summed E-state index contributed by atoms with van der Waals surface area (Å²) in [7, 11) is 0. The number of rotatable bonds is 7. The van der Waals surface area contributed by atoms with Crippen molar-refractivity contribution in [3.8, 4) is 0 Å². The zero-order chi connectivity index (χ0) is 13.7. The third-order valence-corrected chi connectivity index (χ3v) is 4.39. The molecule has 0 aliphatic heterocycles. The minimum Gasteiger partial charge on any atom is -0.354 e. The molecule has 19 heavy (non-hydrogen) atoms. The summed E-state index contributed by atoms with van der Waals surface area (Å²) >= 11 is 7.49. The molecule has 1 saturated carbocycles. The largest absolute Gasteiger partial charge is 0.354 e. The lowest BCUT2D eigenvalue weighted by Gasteiger charge is -2.11. The molecule has 1 unspecified atom stereocenters. The number of hydrogen-bond acceptors (Lipinski definition) is 3. The number of halogens is 1. The standard InChI is InChI=1S/C14H19ClN2OS/c15-12-3-1-2-10(6-12)8-19-9-14(18)17-7-13(16)11-4-5-11/h1-3,6,11,13H,4-5,7-9,16H2,(H,17,18). The van der Waals surface area contributed by atoms with Crippen LogP contribution < -0.4 is 11.1 Å². The molecule has 3 nitrogen and oxygen atoms in total. The van der Waals surface area contributed by atoms with E-state index in [4.69, 9.17) is 17.3 Å². The molecule has 3 N–H and O–H groups in total. The normalized spacial score (nSPS) is 16.1. The Morgan fingerprint density at radius 3 is 3.00 bits per heavy atom. The van der Waals surface area contributed by atoms with E-state index >= 15 is 0 Å². The maximum atomic E-state index is 11.6. The van der Waals surface area contributed by atoms with Crippen molar-refractivity contribution in [2.75, 3.05) is 12.3 Å². The highest BCUT2D eigenvalue weighted by molar-refractivity contribution is 7.99. The van der Waals surface area contributed by atoms with Gasteiger partial charge in [0, 0.05) is 23.4 Å². The van der Waals surface area contributed by atoms with Gasteiger partial charge in [0.25, 0.3) is 0 Å². The predicted molar refractivity (Wildman–Crippen MR) is 81.3 cm³/mol. The van der Waals surface area contributed by atoms with E-state index in [1.54, 1.807) is 11.8 Å². The molecule has 104 valence electrons. The number of amides is 1. The third-order valence-electron chi connectivity index (χ3n) is 3.15. The summed E-state index contributed by atoms with van der Waals surface area (Å²) in [6, 6.07) is 7.84. The van der Waals surface area contributed by atoms with Crippen molar-refractivity contribution in [1.29, 1.82) is 0 Å². The summed E-state index contributed by atoms with van der Waals surface area (Å²) in [5.41, 5.74) is 7.07. The SMILES string of the molecule is NC(CNC(=O)CSCc1cccc(Cl)c1)C1CC1. The van der Waals surface area contributed by atoms with Gasteiger partial charge >= 0.3 is 0 Å². The summed E-state index contributed by atoms with van der Waals surface area (Å²) in [5, 5.41) is 3.62. The summed E-state index contributed by atoms with van der Waals surface area (Å²) < 4.78 is 0. The van der Waals surface area contributed by atoms with Gasteiger partial charge in [-0.1, -0.05) is 23.7 Å². The Balaban J connectivity index is 1.60. The molecule has 0 aromatic heterocycles. The average molecular weight is 299 g/mol. The molecule has 1 aliphatic carbocycles. The molecular formula is C14H19ClN2OS. The molecular weight excluding hydrogens is 280 g/mol. The molecule has 1 atom stereocenters. The fourth-order valence-corrected chi connectivity index (χ4v) is 2.88. The number of nitrogens with two attached hydrogens (primary N) is 1. The lowest BCUT2D eigenvalue weighted by Crippen LogP contribution is -2.39. The van der Waals surface area contributed by atoms with Gasteiger partial charge in [-0.15, -0.1) is 11.8 Å². The first-order valence-electron chi connectivity index (χ1n) is 6.49. The predicted octanol–water partition coefficient (Wildman–Crippen LogP) is 2.43. The van der Waals surface area contributed by atoms with Gasteiger partial charge < -0.3 is 11.1 Å². The van der Waals surface area contributed by atoms with Crippen molar-refractivity contribution < 1.29 is 4.79 Å². The first kappa shape index (κ1) is 14.7. The quantitative estimate of drug-likeness (QED) is 0.813. The topological polar surface area (TPSA) is 55.1 Å². The molecule has 1 aromatic rings. The Kier molecular flexibility index (Phi) is 5.55. The molecule has 0 bridgehead atoms. The number of nitrogens with one attached hydrogen (secondary N) is 1. The van der Waals surface area contributed by atoms with Crippen LogP contribution in [-0.4, -0.2) is 24.2 Å². The van der Waals surface area contributed by atoms with Crippen molar-refractivity contribution in [1.82, 2.24) is 5.32 Å². The zero-order valence-corrected chi connectivity index (χ0v) is 12.3. The Morgan fingerprint density at radius 1 is 1.53 bits per heavy atom. The minimum atomic E-state index is 0.0585. The highest BCUT2D eigenvalue weighted by Crippen LogP contribution is 2.31. The van der Waals surface area contributed by atoms with Crippen molar-refractivity contribution in [2.45, 2.75) is 24.6 Å². The summed E-state index contributed by atoms with van der Waals surface area (Å²) in [6.45, 7) is 0.598. The lowest BCUT2D eigenvalue weighted by atomic mass is 10.2. The van der Waals surface area contributed by atoms with Gasteiger partial charge in [0.2, 0.25) is 5.91 Å². The van der Waals surface area contributed by atoms with E-state index in [0.717, 1.165) is 16.3 Å². The van der Waals surface area contributed by atoms with Crippen molar-refractivity contribution in [2.24, 2.45) is 11.7 Å². The van der Waals surface area contributed by atoms with Crippen LogP contribution in [0.3, 0.4) is 0 Å². The van der Waals surface area contributed by atoms with Crippen LogP contribution in [0.25, 0.3) is 0 Å². The molecule has 1 aliphatic rings. The molecule has 1 amide bonds. The van der Waals surface area contributed by atoms with Crippen LogP contribution in [-0.2, 0) is 10.5 Å². The Labute approximate surface area is 123 Å². The van der Waals surface area contributed by atoms with Gasteiger partial charge in [-0.3, -0.25) is 4.79 Å². The second kappa shape index (κ2) is 7.17. The zero-order valence-electron chi connectivity index (χ0n) is 10.8. The van der Waals surface area contributed by atoms with Gasteiger partial charge in [-0.25, -0.2) is 0 Å². The van der Waals surface area contributed by atoms with Gasteiger partial charge in [0.15, 0.2) is 0 Å². The summed E-state index contributed by atoms with van der Waals surface area (Å²) in [4.78, 5) is 11.6. The Hall–Kier alpha value is -0.710. The lowest BCUT2D eigenvalue weighted by molar-refractivity contribution is -0.118. The molecule has 1 aromatic carbocycles. The summed E-state index contributed by atoms with van der Waals surface area (Å²) in [5.74, 6) is 1.94. The molecule has 0 heterocycles. The Morgan fingerprint density at radius 2 is 2.32 bits per heavy atom. The molecule has 5 heteroatoms. The van der Waals surface area contributed by atoms with Crippen LogP contribution in [0.4, 0.5) is 0 Å². The van der Waals surface area contributed by atoms with E-state index in [1.165, 1.54) is 12.8 Å². The first-order valence-corrected chi connectivity index (χ1v) is 8.03. The van der Waals surface area contributed by atoms with E-state index in [9.17, 15) is 4.79 Å². The second-order valence-electron chi connectivity index (χ2n) is 4.93. The van der Waals surface area contributed by atoms with Crippen LogP contribution in [0.5, 0.6) is 0 Å². The van der Waals surface area contributed by atoms with Gasteiger partial charge in [-0.2, -0.15) is 0 Å². The molecule has 2 rings (SSSR count). The van der Waals surface area contributed by atoms with E-state index in [0.29, 0.717) is 18.2 Å². The minimum absolute atomic E-state index is 0.0585. The number of benzene rings is 1. The molecule has 0 radical (unpaired) electrons. The van der Waals surface area contributed by atoms with Crippen molar-refractivity contribution in [3.63, 3.8) is 0 Å². The first-order chi connectivity index (χ1) is 9.15. The third kappa shape index (κ3) is 5.43. The van der Waals surface area contributed by atoms with E-state index in [2.05, 4.69) is 5.32 Å². The highest BCUT2D eigenvalue weighted by Gasteiger charge is 2.28. The van der Waals surface area contributed by atoms with E-state index in [1.807, 2.05) is 24.3 Å². The molecule has 0 saturated heterocycles. The fraction of sp³-hybridized carbons (Fsp3) is 0.500. The van der Waals surface area contributed by atoms with Crippen molar-refractivity contribution >= 4 is 29.3 Å². The monoisotopic (exact) mass is 298 g/mol. The van der Waals surface area contributed by atoms with Crippen molar-refractivity contribution in [3.05, 3.63) is 34.9 Å². The van der Waals surface area contributed by atoms with Gasteiger partial charge in [0.05, 0.1) is 5.75 Å². The molecule has 0 spiro atoms.